The highest BCUT2D eigenvalue weighted by atomic mass is 16.5. The Hall–Kier alpha value is -1.54. The molecule has 0 fully saturated rings. The fourth-order valence-electron chi connectivity index (χ4n) is 1.30. The number of hydrogen-bond donors (Lipinski definition) is 1. The van der Waals surface area contributed by atoms with Gasteiger partial charge in [-0.1, -0.05) is 42.5 Å². The maximum atomic E-state index is 8.45. The average molecular weight is 218 g/mol. The first-order chi connectivity index (χ1) is 7.93. The van der Waals surface area contributed by atoms with Crippen LogP contribution in [0, 0.1) is 0 Å². The van der Waals surface area contributed by atoms with E-state index in [0.29, 0.717) is 6.61 Å². The zero-order chi connectivity index (χ0) is 11.5. The normalized spacial score (nSPS) is 11.3. The van der Waals surface area contributed by atoms with Crippen LogP contribution in [-0.4, -0.2) is 18.3 Å². The molecule has 0 unspecified atom stereocenters. The molecule has 1 aromatic carbocycles. The van der Waals surface area contributed by atoms with E-state index in [1.54, 1.807) is 6.08 Å². The Morgan fingerprint density at radius 3 is 2.62 bits per heavy atom. The lowest BCUT2D eigenvalue weighted by atomic mass is 10.1. The molecule has 0 saturated heterocycles. The van der Waals surface area contributed by atoms with Crippen molar-refractivity contribution in [1.82, 2.24) is 0 Å². The lowest BCUT2D eigenvalue weighted by molar-refractivity contribution is 0.279. The third-order valence-corrected chi connectivity index (χ3v) is 2.10. The van der Waals surface area contributed by atoms with E-state index < -0.39 is 0 Å². The average Bonchev–Trinajstić information content (AvgIpc) is 2.34. The number of rotatable bonds is 7. The maximum Gasteiger partial charge on any atom is 0.105 e. The minimum atomic E-state index is 0.0255. The number of ether oxygens (including phenoxy) is 1. The summed E-state index contributed by atoms with van der Waals surface area (Å²) in [5.41, 5.74) is 1.35. The molecule has 0 aliphatic carbocycles. The third-order valence-electron chi connectivity index (χ3n) is 2.10. The molecule has 16 heavy (non-hydrogen) atoms. The van der Waals surface area contributed by atoms with Crippen LogP contribution in [0.5, 0.6) is 0 Å². The lowest BCUT2D eigenvalue weighted by Gasteiger charge is -1.97. The Balaban J connectivity index is 2.07. The van der Waals surface area contributed by atoms with Gasteiger partial charge in [0, 0.05) is 0 Å². The molecule has 1 aromatic rings. The summed E-state index contributed by atoms with van der Waals surface area (Å²) in [5, 5.41) is 8.45. The summed E-state index contributed by atoms with van der Waals surface area (Å²) in [4.78, 5) is 0. The molecule has 2 heteroatoms. The molecule has 0 heterocycles. The standard InChI is InChI=1S/C14H18O2/c15-11-7-13-16-12-6-2-5-10-14-8-3-1-4-9-14/h1-4,6-9,13,15H,5,10-12H2/b6-2+,13-7+. The Labute approximate surface area is 96.9 Å². The van der Waals surface area contributed by atoms with Gasteiger partial charge in [-0.15, -0.1) is 0 Å². The monoisotopic (exact) mass is 218 g/mol. The summed E-state index contributed by atoms with van der Waals surface area (Å²) in [7, 11) is 0. The van der Waals surface area contributed by atoms with Gasteiger partial charge < -0.3 is 9.84 Å². The molecule has 0 bridgehead atoms. The minimum Gasteiger partial charge on any atom is -0.497 e. The van der Waals surface area contributed by atoms with Crippen LogP contribution in [0.1, 0.15) is 12.0 Å². The summed E-state index contributed by atoms with van der Waals surface area (Å²) < 4.78 is 5.10. The topological polar surface area (TPSA) is 29.5 Å². The van der Waals surface area contributed by atoms with Gasteiger partial charge in [0.25, 0.3) is 0 Å². The summed E-state index contributed by atoms with van der Waals surface area (Å²) in [6.07, 6.45) is 9.27. The molecule has 0 atom stereocenters. The van der Waals surface area contributed by atoms with Gasteiger partial charge in [0.2, 0.25) is 0 Å². The Kier molecular flexibility index (Phi) is 6.85. The molecular formula is C14H18O2. The van der Waals surface area contributed by atoms with Gasteiger partial charge in [-0.05, 0) is 24.5 Å². The van der Waals surface area contributed by atoms with Crippen molar-refractivity contribution in [3.63, 3.8) is 0 Å². The smallest absolute Gasteiger partial charge is 0.105 e. The van der Waals surface area contributed by atoms with Crippen LogP contribution in [0.15, 0.2) is 54.8 Å². The Morgan fingerprint density at radius 1 is 1.06 bits per heavy atom. The van der Waals surface area contributed by atoms with Crippen molar-refractivity contribution in [2.24, 2.45) is 0 Å². The molecule has 0 aromatic heterocycles. The van der Waals surface area contributed by atoms with Crippen LogP contribution in [-0.2, 0) is 11.2 Å². The lowest BCUT2D eigenvalue weighted by Crippen LogP contribution is -1.84. The fourth-order valence-corrected chi connectivity index (χ4v) is 1.30. The van der Waals surface area contributed by atoms with Crippen molar-refractivity contribution in [3.8, 4) is 0 Å². The summed E-state index contributed by atoms with van der Waals surface area (Å²) in [6, 6.07) is 10.4. The zero-order valence-electron chi connectivity index (χ0n) is 9.38. The second kappa shape index (κ2) is 8.74. The number of allylic oxidation sites excluding steroid dienone is 1. The van der Waals surface area contributed by atoms with E-state index in [4.69, 9.17) is 9.84 Å². The van der Waals surface area contributed by atoms with Crippen molar-refractivity contribution < 1.29 is 9.84 Å². The summed E-state index contributed by atoms with van der Waals surface area (Å²) in [5.74, 6) is 0. The quantitative estimate of drug-likeness (QED) is 0.433. The van der Waals surface area contributed by atoms with Crippen LogP contribution >= 0.6 is 0 Å². The Bertz CT molecular complexity index is 315. The first kappa shape index (κ1) is 12.5. The van der Waals surface area contributed by atoms with E-state index in [0.717, 1.165) is 12.8 Å². The highest BCUT2D eigenvalue weighted by Gasteiger charge is 1.87. The number of aliphatic hydroxyl groups excluding tert-OH is 1. The minimum absolute atomic E-state index is 0.0255. The van der Waals surface area contributed by atoms with Crippen LogP contribution < -0.4 is 0 Å². The third kappa shape index (κ3) is 6.04. The molecule has 0 spiro atoms. The largest absolute Gasteiger partial charge is 0.497 e. The van der Waals surface area contributed by atoms with Gasteiger partial charge in [-0.2, -0.15) is 0 Å². The molecule has 0 saturated carbocycles. The summed E-state index contributed by atoms with van der Waals surface area (Å²) in [6.45, 7) is 0.586. The highest BCUT2D eigenvalue weighted by Crippen LogP contribution is 2.02. The van der Waals surface area contributed by atoms with Gasteiger partial charge in [0.05, 0.1) is 12.9 Å². The van der Waals surface area contributed by atoms with Crippen molar-refractivity contribution in [2.45, 2.75) is 12.8 Å². The molecule has 0 amide bonds. The second-order valence-corrected chi connectivity index (χ2v) is 3.38. The van der Waals surface area contributed by atoms with Crippen molar-refractivity contribution in [2.75, 3.05) is 13.2 Å². The predicted molar refractivity (Wildman–Crippen MR) is 66.1 cm³/mol. The van der Waals surface area contributed by atoms with Gasteiger partial charge in [0.1, 0.15) is 6.61 Å². The number of benzene rings is 1. The van der Waals surface area contributed by atoms with Crippen molar-refractivity contribution >= 4 is 0 Å². The number of aryl methyl sites for hydroxylation is 1. The molecule has 2 nitrogen and oxygen atoms in total. The van der Waals surface area contributed by atoms with Gasteiger partial charge in [-0.25, -0.2) is 0 Å². The molecule has 0 radical (unpaired) electrons. The highest BCUT2D eigenvalue weighted by molar-refractivity contribution is 5.15. The van der Waals surface area contributed by atoms with Crippen LogP contribution in [0.2, 0.25) is 0 Å². The van der Waals surface area contributed by atoms with Gasteiger partial charge in [-0.3, -0.25) is 0 Å². The fraction of sp³-hybridized carbons (Fsp3) is 0.286. The molecule has 0 aliphatic rings. The van der Waals surface area contributed by atoms with E-state index in [1.165, 1.54) is 11.8 Å². The van der Waals surface area contributed by atoms with Gasteiger partial charge >= 0.3 is 0 Å². The van der Waals surface area contributed by atoms with E-state index in [1.807, 2.05) is 12.1 Å². The van der Waals surface area contributed by atoms with Crippen LogP contribution in [0.4, 0.5) is 0 Å². The molecule has 0 aliphatic heterocycles. The number of hydrogen-bond acceptors (Lipinski definition) is 2. The second-order valence-electron chi connectivity index (χ2n) is 3.38. The van der Waals surface area contributed by atoms with Crippen LogP contribution in [0.3, 0.4) is 0 Å². The van der Waals surface area contributed by atoms with Crippen molar-refractivity contribution in [3.05, 3.63) is 60.4 Å². The Morgan fingerprint density at radius 2 is 1.88 bits per heavy atom. The van der Waals surface area contributed by atoms with Crippen molar-refractivity contribution in [1.29, 1.82) is 0 Å². The van der Waals surface area contributed by atoms with E-state index >= 15 is 0 Å². The molecule has 1 N–H and O–H groups in total. The van der Waals surface area contributed by atoms with Crippen LogP contribution in [0.25, 0.3) is 0 Å². The van der Waals surface area contributed by atoms with E-state index in [-0.39, 0.29) is 6.61 Å². The molecule has 86 valence electrons. The number of aliphatic hydroxyl groups is 1. The predicted octanol–water partition coefficient (Wildman–Crippen LogP) is 2.70. The van der Waals surface area contributed by atoms with E-state index in [9.17, 15) is 0 Å². The zero-order valence-corrected chi connectivity index (χ0v) is 9.38. The maximum absolute atomic E-state index is 8.45. The first-order valence-corrected chi connectivity index (χ1v) is 5.50. The first-order valence-electron chi connectivity index (χ1n) is 5.50. The SMILES string of the molecule is OC/C=C/OC/C=C/CCc1ccccc1. The molecule has 1 rings (SSSR count). The molecular weight excluding hydrogens is 200 g/mol. The van der Waals surface area contributed by atoms with E-state index in [2.05, 4.69) is 30.3 Å². The van der Waals surface area contributed by atoms with Gasteiger partial charge in [0.15, 0.2) is 0 Å². The summed E-state index contributed by atoms with van der Waals surface area (Å²) >= 11 is 0.